The Hall–Kier alpha value is -2.41. The molecule has 31 heavy (non-hydrogen) atoms. The van der Waals surface area contributed by atoms with E-state index in [1.165, 1.54) is 0 Å². The molecule has 6 heteroatoms. The third-order valence-electron chi connectivity index (χ3n) is 5.97. The van der Waals surface area contributed by atoms with Crippen molar-refractivity contribution in [1.29, 1.82) is 0 Å². The summed E-state index contributed by atoms with van der Waals surface area (Å²) in [6.45, 7) is 0. The third-order valence-corrected chi connectivity index (χ3v) is 5.97. The summed E-state index contributed by atoms with van der Waals surface area (Å²) >= 11 is 0. The molecule has 1 aromatic heterocycles. The number of aliphatic hydroxyl groups is 3. The maximum Gasteiger partial charge on any atom is 0.303 e. The van der Waals surface area contributed by atoms with Crippen LogP contribution in [0.3, 0.4) is 0 Å². The van der Waals surface area contributed by atoms with Crippen molar-refractivity contribution in [1.82, 2.24) is 0 Å². The molecule has 0 radical (unpaired) electrons. The molecule has 1 saturated carbocycles. The summed E-state index contributed by atoms with van der Waals surface area (Å²) in [5.41, 5.74) is 0.837. The van der Waals surface area contributed by atoms with E-state index in [1.54, 1.807) is 6.08 Å². The largest absolute Gasteiger partial charge is 0.481 e. The number of fused-ring (bicyclic) bond motifs is 1. The highest BCUT2D eigenvalue weighted by Crippen LogP contribution is 2.36. The fourth-order valence-corrected chi connectivity index (χ4v) is 4.25. The lowest BCUT2D eigenvalue weighted by atomic mass is 9.89. The Morgan fingerprint density at radius 2 is 2.00 bits per heavy atom. The zero-order valence-electron chi connectivity index (χ0n) is 17.6. The molecule has 6 nitrogen and oxygen atoms in total. The summed E-state index contributed by atoms with van der Waals surface area (Å²) in [6, 6.07) is 9.79. The van der Waals surface area contributed by atoms with Gasteiger partial charge in [-0.25, -0.2) is 0 Å². The van der Waals surface area contributed by atoms with Crippen molar-refractivity contribution in [2.24, 2.45) is 11.8 Å². The maximum atomic E-state index is 10.5. The van der Waals surface area contributed by atoms with Crippen molar-refractivity contribution in [2.75, 3.05) is 0 Å². The monoisotopic (exact) mass is 428 g/mol. The van der Waals surface area contributed by atoms with Gasteiger partial charge in [0, 0.05) is 30.6 Å². The number of rotatable bonds is 11. The van der Waals surface area contributed by atoms with Crippen LogP contribution in [0.4, 0.5) is 0 Å². The molecule has 1 heterocycles. The molecule has 1 aromatic carbocycles. The molecule has 5 atom stereocenters. The number of carboxylic acid groups (broad SMARTS) is 1. The van der Waals surface area contributed by atoms with Crippen molar-refractivity contribution in [2.45, 2.75) is 63.3 Å². The van der Waals surface area contributed by atoms with E-state index in [1.807, 2.05) is 48.6 Å². The maximum absolute atomic E-state index is 10.5. The molecule has 1 aliphatic rings. The molecule has 0 bridgehead atoms. The quantitative estimate of drug-likeness (QED) is 0.320. The number of aliphatic hydroxyl groups excluding tert-OH is 3. The minimum Gasteiger partial charge on any atom is -0.481 e. The Morgan fingerprint density at radius 3 is 2.77 bits per heavy atom. The molecule has 168 valence electrons. The average Bonchev–Trinajstić information content (AvgIpc) is 3.27. The number of furan rings is 1. The van der Waals surface area contributed by atoms with Crippen molar-refractivity contribution >= 4 is 16.9 Å². The van der Waals surface area contributed by atoms with E-state index in [0.29, 0.717) is 38.5 Å². The minimum absolute atomic E-state index is 0.121. The van der Waals surface area contributed by atoms with E-state index < -0.39 is 24.3 Å². The van der Waals surface area contributed by atoms with E-state index in [4.69, 9.17) is 9.52 Å². The lowest BCUT2D eigenvalue weighted by Gasteiger charge is -2.19. The molecule has 2 aromatic rings. The van der Waals surface area contributed by atoms with Crippen LogP contribution in [0.1, 0.15) is 44.3 Å². The highest BCUT2D eigenvalue weighted by atomic mass is 16.4. The Morgan fingerprint density at radius 1 is 1.19 bits per heavy atom. The van der Waals surface area contributed by atoms with Gasteiger partial charge in [-0.2, -0.15) is 0 Å². The van der Waals surface area contributed by atoms with Crippen LogP contribution in [-0.4, -0.2) is 44.7 Å². The number of hydrogen-bond donors (Lipinski definition) is 4. The molecule has 1 fully saturated rings. The zero-order valence-corrected chi connectivity index (χ0v) is 17.6. The number of allylic oxidation sites excluding steroid dienone is 2. The molecule has 0 amide bonds. The summed E-state index contributed by atoms with van der Waals surface area (Å²) in [4.78, 5) is 10.5. The zero-order chi connectivity index (χ0) is 22.2. The highest BCUT2D eigenvalue weighted by molar-refractivity contribution is 5.77. The van der Waals surface area contributed by atoms with Gasteiger partial charge >= 0.3 is 5.97 Å². The molecule has 0 saturated heterocycles. The fourth-order valence-electron chi connectivity index (χ4n) is 4.25. The summed E-state index contributed by atoms with van der Waals surface area (Å²) in [6.07, 6.45) is 8.98. The lowest BCUT2D eigenvalue weighted by molar-refractivity contribution is -0.137. The summed E-state index contributed by atoms with van der Waals surface area (Å²) in [7, 11) is 0. The topological polar surface area (TPSA) is 111 Å². The lowest BCUT2D eigenvalue weighted by Crippen LogP contribution is -2.20. The fraction of sp³-hybridized carbons (Fsp3) is 0.480. The van der Waals surface area contributed by atoms with Crippen LogP contribution in [0.25, 0.3) is 11.0 Å². The third kappa shape index (κ3) is 6.79. The summed E-state index contributed by atoms with van der Waals surface area (Å²) in [5, 5.41) is 40.7. The standard InChI is InChI=1S/C25H32O6/c26-18(11-13-19-15-17-7-5-6-9-24(17)31-19)12-14-21-20(22(27)16-23(21)28)8-3-1-2-4-10-25(29)30/h1,3,5-7,9,12,14-15,18,20-23,26-28H,2,4,8,10-11,13,16H2,(H,29,30)/t18?,20-,21-,22?,23?/m1/s1. The number of aliphatic carboxylic acids is 1. The number of unbranched alkanes of at least 4 members (excludes halogenated alkanes) is 1. The highest BCUT2D eigenvalue weighted by Gasteiger charge is 2.39. The van der Waals surface area contributed by atoms with Crippen LogP contribution in [0.15, 0.2) is 59.1 Å². The predicted molar refractivity (Wildman–Crippen MR) is 119 cm³/mol. The van der Waals surface area contributed by atoms with Crippen molar-refractivity contribution in [3.05, 3.63) is 60.4 Å². The molecular formula is C25H32O6. The Labute approximate surface area is 182 Å². The molecular weight excluding hydrogens is 396 g/mol. The van der Waals surface area contributed by atoms with E-state index in [9.17, 15) is 20.1 Å². The van der Waals surface area contributed by atoms with Crippen molar-refractivity contribution in [3.8, 4) is 0 Å². The van der Waals surface area contributed by atoms with Gasteiger partial charge in [0.05, 0.1) is 18.3 Å². The first-order valence-electron chi connectivity index (χ1n) is 11.0. The smallest absolute Gasteiger partial charge is 0.303 e. The van der Waals surface area contributed by atoms with Crippen molar-refractivity contribution < 1.29 is 29.6 Å². The molecule has 4 N–H and O–H groups in total. The second kappa shape index (κ2) is 11.3. The number of carboxylic acids is 1. The summed E-state index contributed by atoms with van der Waals surface area (Å²) < 4.78 is 5.78. The number of benzene rings is 1. The van der Waals surface area contributed by atoms with Crippen LogP contribution in [0.5, 0.6) is 0 Å². The van der Waals surface area contributed by atoms with Crippen LogP contribution < -0.4 is 0 Å². The van der Waals surface area contributed by atoms with Gasteiger partial charge in [-0.05, 0) is 43.7 Å². The number of aryl methyl sites for hydroxylation is 1. The van der Waals surface area contributed by atoms with Gasteiger partial charge in [-0.3, -0.25) is 4.79 Å². The van der Waals surface area contributed by atoms with Gasteiger partial charge in [0.25, 0.3) is 0 Å². The summed E-state index contributed by atoms with van der Waals surface area (Å²) in [5.74, 6) is -0.313. The number of para-hydroxylation sites is 1. The van der Waals surface area contributed by atoms with Crippen molar-refractivity contribution in [3.63, 3.8) is 0 Å². The minimum atomic E-state index is -0.799. The second-order valence-electron chi connectivity index (χ2n) is 8.35. The van der Waals surface area contributed by atoms with Gasteiger partial charge in [-0.1, -0.05) is 42.5 Å². The van der Waals surface area contributed by atoms with Gasteiger partial charge < -0.3 is 24.8 Å². The van der Waals surface area contributed by atoms with E-state index >= 15 is 0 Å². The Bertz CT molecular complexity index is 865. The Balaban J connectivity index is 1.49. The van der Waals surface area contributed by atoms with Gasteiger partial charge in [-0.15, -0.1) is 0 Å². The van der Waals surface area contributed by atoms with Gasteiger partial charge in [0.1, 0.15) is 11.3 Å². The van der Waals surface area contributed by atoms with Crippen LogP contribution in [-0.2, 0) is 11.2 Å². The van der Waals surface area contributed by atoms with E-state index in [2.05, 4.69) is 0 Å². The number of carbonyl (C=O) groups is 1. The molecule has 1 aliphatic carbocycles. The van der Waals surface area contributed by atoms with Gasteiger partial charge in [0.15, 0.2) is 0 Å². The van der Waals surface area contributed by atoms with Crippen LogP contribution >= 0.6 is 0 Å². The van der Waals surface area contributed by atoms with E-state index in [0.717, 1.165) is 16.7 Å². The molecule has 0 spiro atoms. The van der Waals surface area contributed by atoms with Crippen LogP contribution in [0.2, 0.25) is 0 Å². The molecule has 0 aliphatic heterocycles. The Kier molecular flexibility index (Phi) is 8.46. The average molecular weight is 429 g/mol. The SMILES string of the molecule is O=C(O)CCCC=CC[C@H]1C(O)CC(O)[C@@H]1C=CC(O)CCc1cc2ccccc2o1. The normalized spacial score (nSPS) is 25.1. The molecule has 3 rings (SSSR count). The second-order valence-corrected chi connectivity index (χ2v) is 8.35. The first kappa shape index (κ1) is 23.3. The van der Waals surface area contributed by atoms with E-state index in [-0.39, 0.29) is 18.3 Å². The van der Waals surface area contributed by atoms with Crippen LogP contribution in [0, 0.1) is 11.8 Å². The molecule has 3 unspecified atom stereocenters. The number of hydrogen-bond acceptors (Lipinski definition) is 5. The first-order valence-corrected chi connectivity index (χ1v) is 11.0. The van der Waals surface area contributed by atoms with Gasteiger partial charge in [0.2, 0.25) is 0 Å². The predicted octanol–water partition coefficient (Wildman–Crippen LogP) is 3.84. The first-order chi connectivity index (χ1) is 14.9.